The van der Waals surface area contributed by atoms with Gasteiger partial charge in [-0.25, -0.2) is 9.97 Å². The molecule has 2 heterocycles. The van der Waals surface area contributed by atoms with Crippen LogP contribution < -0.4 is 4.74 Å². The van der Waals surface area contributed by atoms with Gasteiger partial charge in [0.05, 0.1) is 29.9 Å². The predicted octanol–water partition coefficient (Wildman–Crippen LogP) is 2.96. The summed E-state index contributed by atoms with van der Waals surface area (Å²) in [6.45, 7) is 2.45. The quantitative estimate of drug-likeness (QED) is 0.793. The van der Waals surface area contributed by atoms with E-state index in [0.29, 0.717) is 28.8 Å². The zero-order valence-corrected chi connectivity index (χ0v) is 11.5. The van der Waals surface area contributed by atoms with E-state index in [-0.39, 0.29) is 0 Å². The summed E-state index contributed by atoms with van der Waals surface area (Å²) in [5, 5.41) is 17.2. The Labute approximate surface area is 122 Å². The molecule has 2 aromatic rings. The van der Waals surface area contributed by atoms with E-state index in [9.17, 15) is 0 Å². The van der Waals surface area contributed by atoms with Crippen molar-refractivity contribution in [3.8, 4) is 18.0 Å². The minimum absolute atomic E-state index is 0.356. The molecule has 0 fully saturated rings. The molecule has 0 bridgehead atoms. The molecule has 0 unspecified atom stereocenters. The molecule has 0 aliphatic rings. The van der Waals surface area contributed by atoms with E-state index in [2.05, 4.69) is 9.97 Å². The average Bonchev–Trinajstić information content (AvgIpc) is 2.48. The molecule has 6 heteroatoms. The normalized spacial score (nSPS) is 8.60. The molecule has 0 saturated heterocycles. The molecule has 0 aliphatic heterocycles. The highest BCUT2D eigenvalue weighted by Gasteiger charge is 1.94. The van der Waals surface area contributed by atoms with Crippen molar-refractivity contribution < 1.29 is 4.74 Å². The standard InChI is InChI=1S/C8H8N2O.C6H3ClN2/c1-2-11-8-5-7(6-9)3-4-10-8;7-6-3-5(4-8)1-2-9-6/h3-5H,2H2,1H3;1-3H. The summed E-state index contributed by atoms with van der Waals surface area (Å²) in [7, 11) is 0. The van der Waals surface area contributed by atoms with Gasteiger partial charge in [0.2, 0.25) is 5.88 Å². The maximum absolute atomic E-state index is 8.50. The van der Waals surface area contributed by atoms with Crippen molar-refractivity contribution in [2.24, 2.45) is 0 Å². The maximum atomic E-state index is 8.50. The Morgan fingerprint density at radius 2 is 1.70 bits per heavy atom. The fourth-order valence-corrected chi connectivity index (χ4v) is 1.35. The second-order valence-electron chi connectivity index (χ2n) is 3.41. The molecule has 0 aromatic carbocycles. The lowest BCUT2D eigenvalue weighted by atomic mass is 10.3. The zero-order chi connectivity index (χ0) is 14.8. The van der Waals surface area contributed by atoms with E-state index in [1.165, 1.54) is 12.3 Å². The van der Waals surface area contributed by atoms with Crippen molar-refractivity contribution in [3.63, 3.8) is 0 Å². The van der Waals surface area contributed by atoms with Gasteiger partial charge in [-0.1, -0.05) is 11.6 Å². The second kappa shape index (κ2) is 8.47. The molecular formula is C14H11ClN4O. The number of ether oxygens (including phenoxy) is 1. The number of nitrogens with zero attached hydrogens (tertiary/aromatic N) is 4. The van der Waals surface area contributed by atoms with Gasteiger partial charge in [0, 0.05) is 18.5 Å². The van der Waals surface area contributed by atoms with Gasteiger partial charge in [-0.15, -0.1) is 0 Å². The molecule has 0 aliphatic carbocycles. The minimum atomic E-state index is 0.356. The highest BCUT2D eigenvalue weighted by molar-refractivity contribution is 6.29. The Balaban J connectivity index is 0.000000204. The maximum Gasteiger partial charge on any atom is 0.214 e. The number of aromatic nitrogens is 2. The Bertz CT molecular complexity index is 646. The summed E-state index contributed by atoms with van der Waals surface area (Å²) in [6, 6.07) is 10.3. The third-order valence-electron chi connectivity index (χ3n) is 2.01. The Hall–Kier alpha value is -2.63. The number of halogens is 1. The average molecular weight is 287 g/mol. The van der Waals surface area contributed by atoms with Crippen molar-refractivity contribution in [2.45, 2.75) is 6.92 Å². The largest absolute Gasteiger partial charge is 0.478 e. The zero-order valence-electron chi connectivity index (χ0n) is 10.7. The van der Waals surface area contributed by atoms with Crippen LogP contribution in [-0.4, -0.2) is 16.6 Å². The van der Waals surface area contributed by atoms with Crippen molar-refractivity contribution in [1.29, 1.82) is 10.5 Å². The van der Waals surface area contributed by atoms with Crippen LogP contribution in [0.1, 0.15) is 18.1 Å². The molecule has 2 rings (SSSR count). The van der Waals surface area contributed by atoms with Crippen LogP contribution in [0.5, 0.6) is 5.88 Å². The highest BCUT2D eigenvalue weighted by atomic mass is 35.5. The summed E-state index contributed by atoms with van der Waals surface area (Å²) >= 11 is 5.46. The first-order valence-electron chi connectivity index (χ1n) is 5.70. The number of pyridine rings is 2. The van der Waals surface area contributed by atoms with Gasteiger partial charge >= 0.3 is 0 Å². The van der Waals surface area contributed by atoms with Gasteiger partial charge in [-0.05, 0) is 25.1 Å². The van der Waals surface area contributed by atoms with Gasteiger partial charge < -0.3 is 4.74 Å². The molecule has 0 amide bonds. The Morgan fingerprint density at radius 1 is 1.10 bits per heavy atom. The number of nitriles is 2. The summed E-state index contributed by atoms with van der Waals surface area (Å²) < 4.78 is 5.09. The number of hydrogen-bond donors (Lipinski definition) is 0. The molecule has 0 atom stereocenters. The van der Waals surface area contributed by atoms with E-state index in [0.717, 1.165) is 0 Å². The van der Waals surface area contributed by atoms with Crippen LogP contribution >= 0.6 is 11.6 Å². The van der Waals surface area contributed by atoms with Gasteiger partial charge in [0.25, 0.3) is 0 Å². The van der Waals surface area contributed by atoms with E-state index in [1.54, 1.807) is 24.4 Å². The van der Waals surface area contributed by atoms with Crippen LogP contribution in [0.3, 0.4) is 0 Å². The van der Waals surface area contributed by atoms with Crippen LogP contribution in [0, 0.1) is 22.7 Å². The topological polar surface area (TPSA) is 82.6 Å². The van der Waals surface area contributed by atoms with Crippen molar-refractivity contribution >= 4 is 11.6 Å². The van der Waals surface area contributed by atoms with Crippen molar-refractivity contribution in [2.75, 3.05) is 6.61 Å². The van der Waals surface area contributed by atoms with E-state index in [4.69, 9.17) is 26.9 Å². The first-order chi connectivity index (χ1) is 9.69. The van der Waals surface area contributed by atoms with Gasteiger partial charge in [0.1, 0.15) is 5.15 Å². The molecule has 0 radical (unpaired) electrons. The van der Waals surface area contributed by atoms with Gasteiger partial charge in [-0.3, -0.25) is 0 Å². The first-order valence-corrected chi connectivity index (χ1v) is 6.08. The van der Waals surface area contributed by atoms with Crippen LogP contribution in [0.2, 0.25) is 5.15 Å². The summed E-state index contributed by atoms with van der Waals surface area (Å²) in [4.78, 5) is 7.61. The predicted molar refractivity (Wildman–Crippen MR) is 74.1 cm³/mol. The van der Waals surface area contributed by atoms with Crippen LogP contribution in [0.15, 0.2) is 36.7 Å². The number of hydrogen-bond acceptors (Lipinski definition) is 5. The lowest BCUT2D eigenvalue weighted by Crippen LogP contribution is -1.93. The fourth-order valence-electron chi connectivity index (χ4n) is 1.18. The third-order valence-corrected chi connectivity index (χ3v) is 2.22. The van der Waals surface area contributed by atoms with Crippen LogP contribution in [-0.2, 0) is 0 Å². The monoisotopic (exact) mass is 286 g/mol. The minimum Gasteiger partial charge on any atom is -0.478 e. The molecule has 20 heavy (non-hydrogen) atoms. The lowest BCUT2D eigenvalue weighted by Gasteiger charge is -1.99. The molecule has 2 aromatic heterocycles. The van der Waals surface area contributed by atoms with Crippen LogP contribution in [0.4, 0.5) is 0 Å². The van der Waals surface area contributed by atoms with Crippen molar-refractivity contribution in [1.82, 2.24) is 9.97 Å². The van der Waals surface area contributed by atoms with Crippen molar-refractivity contribution in [3.05, 3.63) is 52.9 Å². The Kier molecular flexibility index (Phi) is 6.53. The summed E-state index contributed by atoms with van der Waals surface area (Å²) in [6.07, 6.45) is 3.06. The lowest BCUT2D eigenvalue weighted by molar-refractivity contribution is 0.327. The van der Waals surface area contributed by atoms with Gasteiger partial charge in [-0.2, -0.15) is 10.5 Å². The molecular weight excluding hydrogens is 276 g/mol. The molecule has 0 N–H and O–H groups in total. The fraction of sp³-hybridized carbons (Fsp3) is 0.143. The van der Waals surface area contributed by atoms with Crippen LogP contribution in [0.25, 0.3) is 0 Å². The summed E-state index contributed by atoms with van der Waals surface area (Å²) in [5.41, 5.74) is 1.11. The van der Waals surface area contributed by atoms with E-state index < -0.39 is 0 Å². The molecule has 5 nitrogen and oxygen atoms in total. The molecule has 0 spiro atoms. The third kappa shape index (κ3) is 5.34. The smallest absolute Gasteiger partial charge is 0.214 e. The van der Waals surface area contributed by atoms with Gasteiger partial charge in [0.15, 0.2) is 0 Å². The SMILES string of the molecule is CCOc1cc(C#N)ccn1.N#Cc1ccnc(Cl)c1. The highest BCUT2D eigenvalue weighted by Crippen LogP contribution is 2.07. The molecule has 0 saturated carbocycles. The number of rotatable bonds is 2. The van der Waals surface area contributed by atoms with E-state index >= 15 is 0 Å². The first kappa shape index (κ1) is 15.4. The summed E-state index contributed by atoms with van der Waals surface area (Å²) in [5.74, 6) is 0.506. The van der Waals surface area contributed by atoms with E-state index in [1.807, 2.05) is 19.1 Å². The second-order valence-corrected chi connectivity index (χ2v) is 3.79. The molecule has 100 valence electrons. The Morgan fingerprint density at radius 3 is 2.20 bits per heavy atom.